The van der Waals surface area contributed by atoms with Crippen LogP contribution in [-0.4, -0.2) is 55.2 Å². The Morgan fingerprint density at radius 2 is 1.85 bits per heavy atom. The second-order valence-electron chi connectivity index (χ2n) is 10.6. The fourth-order valence-electron chi connectivity index (χ4n) is 5.61. The molecule has 1 fully saturated rings. The number of piperidine rings is 1. The number of nitrogens with zero attached hydrogens (tertiary/aromatic N) is 2. The second-order valence-corrected chi connectivity index (χ2v) is 10.6. The quantitative estimate of drug-likeness (QED) is 0.495. The molecular weight excluding hydrogens is 494 g/mol. The molecule has 39 heavy (non-hydrogen) atoms. The standard InChI is InChI=1S/C31H37N3O5/c1-37-25-11-6-10-24(20-25)28-21-26(33-39-28)30(36)34-17-15-31(16-18-34)14-5-4-9-23-8-2-3-12-27(23)38-19-7-13-29(35)32-22-31/h2-3,6,8,10-12,20-21H,4-5,7,9,13-19,22H2,1H3,(H,32,35). The van der Waals surface area contributed by atoms with Gasteiger partial charge in [-0.3, -0.25) is 9.59 Å². The summed E-state index contributed by atoms with van der Waals surface area (Å²) in [6.45, 7) is 2.45. The first-order chi connectivity index (χ1) is 19.0. The minimum atomic E-state index is -0.121. The zero-order valence-electron chi connectivity index (χ0n) is 22.6. The van der Waals surface area contributed by atoms with Gasteiger partial charge in [0.2, 0.25) is 5.91 Å². The molecule has 1 spiro atoms. The molecule has 0 radical (unpaired) electrons. The van der Waals surface area contributed by atoms with Crippen molar-refractivity contribution in [2.75, 3.05) is 33.4 Å². The molecule has 0 saturated carbocycles. The van der Waals surface area contributed by atoms with Crippen molar-refractivity contribution in [1.29, 1.82) is 0 Å². The summed E-state index contributed by atoms with van der Waals surface area (Å²) in [4.78, 5) is 27.7. The lowest BCUT2D eigenvalue weighted by Gasteiger charge is -2.42. The highest BCUT2D eigenvalue weighted by molar-refractivity contribution is 5.93. The summed E-state index contributed by atoms with van der Waals surface area (Å²) >= 11 is 0. The van der Waals surface area contributed by atoms with Gasteiger partial charge in [-0.2, -0.15) is 0 Å². The van der Waals surface area contributed by atoms with Crippen LogP contribution in [-0.2, 0) is 11.2 Å². The number of hydrogen-bond acceptors (Lipinski definition) is 6. The van der Waals surface area contributed by atoms with E-state index in [1.54, 1.807) is 13.2 Å². The second kappa shape index (κ2) is 12.4. The first-order valence-electron chi connectivity index (χ1n) is 13.9. The molecule has 2 amide bonds. The number of aromatic nitrogens is 1. The number of carbonyl (C=O) groups excluding carboxylic acids is 2. The smallest absolute Gasteiger partial charge is 0.276 e. The summed E-state index contributed by atoms with van der Waals surface area (Å²) in [5.41, 5.74) is 2.34. The molecule has 5 rings (SSSR count). The molecular formula is C31H37N3O5. The summed E-state index contributed by atoms with van der Waals surface area (Å²) in [6.07, 6.45) is 6.94. The van der Waals surface area contributed by atoms with E-state index in [-0.39, 0.29) is 17.2 Å². The molecule has 1 aromatic heterocycles. The van der Waals surface area contributed by atoms with Crippen LogP contribution in [0.15, 0.2) is 59.1 Å². The lowest BCUT2D eigenvalue weighted by Crippen LogP contribution is -2.48. The van der Waals surface area contributed by atoms with E-state index < -0.39 is 0 Å². The Kier molecular flexibility index (Phi) is 8.49. The number of rotatable bonds is 3. The van der Waals surface area contributed by atoms with E-state index in [1.165, 1.54) is 5.56 Å². The third-order valence-corrected chi connectivity index (χ3v) is 8.04. The van der Waals surface area contributed by atoms with Crippen molar-refractivity contribution in [3.05, 3.63) is 65.9 Å². The molecule has 1 saturated heterocycles. The van der Waals surface area contributed by atoms with Gasteiger partial charge in [-0.05, 0) is 67.7 Å². The van der Waals surface area contributed by atoms with E-state index in [2.05, 4.69) is 22.6 Å². The van der Waals surface area contributed by atoms with Crippen molar-refractivity contribution in [1.82, 2.24) is 15.4 Å². The van der Waals surface area contributed by atoms with Gasteiger partial charge in [0.1, 0.15) is 11.5 Å². The van der Waals surface area contributed by atoms with Crippen LogP contribution in [0.25, 0.3) is 11.3 Å². The third kappa shape index (κ3) is 6.61. The van der Waals surface area contributed by atoms with Crippen LogP contribution < -0.4 is 14.8 Å². The molecule has 8 nitrogen and oxygen atoms in total. The number of aryl methyl sites for hydroxylation is 1. The van der Waals surface area contributed by atoms with Gasteiger partial charge in [0.25, 0.3) is 5.91 Å². The van der Waals surface area contributed by atoms with Gasteiger partial charge < -0.3 is 24.2 Å². The Hall–Kier alpha value is -3.81. The van der Waals surface area contributed by atoms with Gasteiger partial charge >= 0.3 is 0 Å². The number of methoxy groups -OCH3 is 1. The van der Waals surface area contributed by atoms with E-state index >= 15 is 0 Å². The first-order valence-corrected chi connectivity index (χ1v) is 13.9. The fourth-order valence-corrected chi connectivity index (χ4v) is 5.61. The van der Waals surface area contributed by atoms with Crippen molar-refractivity contribution in [2.45, 2.75) is 51.4 Å². The van der Waals surface area contributed by atoms with Crippen molar-refractivity contribution < 1.29 is 23.6 Å². The summed E-state index contributed by atoms with van der Waals surface area (Å²) < 4.78 is 16.8. The van der Waals surface area contributed by atoms with E-state index in [4.69, 9.17) is 14.0 Å². The number of fused-ring (bicyclic) bond motifs is 1. The van der Waals surface area contributed by atoms with E-state index in [0.717, 1.165) is 49.8 Å². The van der Waals surface area contributed by atoms with Crippen LogP contribution in [0, 0.1) is 5.41 Å². The van der Waals surface area contributed by atoms with Crippen LogP contribution in [0.2, 0.25) is 0 Å². The average molecular weight is 532 g/mol. The molecule has 1 N–H and O–H groups in total. The molecule has 206 valence electrons. The first kappa shape index (κ1) is 26.8. The number of carbonyl (C=O) groups is 2. The number of para-hydroxylation sites is 1. The van der Waals surface area contributed by atoms with Gasteiger partial charge in [-0.25, -0.2) is 0 Å². The topological polar surface area (TPSA) is 93.9 Å². The lowest BCUT2D eigenvalue weighted by molar-refractivity contribution is -0.122. The van der Waals surface area contributed by atoms with Crippen molar-refractivity contribution in [2.24, 2.45) is 5.41 Å². The minimum absolute atomic E-state index is 0.0118. The van der Waals surface area contributed by atoms with Crippen LogP contribution in [0.3, 0.4) is 0 Å². The molecule has 3 heterocycles. The minimum Gasteiger partial charge on any atom is -0.497 e. The number of hydrogen-bond donors (Lipinski definition) is 1. The molecule has 2 aliphatic rings. The SMILES string of the molecule is COc1cccc(-c2cc(C(=O)N3CCC4(CCCCc5ccccc5OCCCC(=O)NC4)CC3)no2)c1. The monoisotopic (exact) mass is 531 g/mol. The van der Waals surface area contributed by atoms with Gasteiger partial charge in [-0.15, -0.1) is 0 Å². The predicted molar refractivity (Wildman–Crippen MR) is 148 cm³/mol. The highest BCUT2D eigenvalue weighted by Crippen LogP contribution is 2.37. The number of ether oxygens (including phenoxy) is 2. The Morgan fingerprint density at radius 1 is 1.00 bits per heavy atom. The maximum absolute atomic E-state index is 13.3. The van der Waals surface area contributed by atoms with Crippen molar-refractivity contribution >= 4 is 11.8 Å². The zero-order chi connectivity index (χ0) is 27.1. The van der Waals surface area contributed by atoms with Crippen LogP contribution in [0.5, 0.6) is 11.5 Å². The van der Waals surface area contributed by atoms with Crippen LogP contribution in [0.1, 0.15) is 61.0 Å². The van der Waals surface area contributed by atoms with Crippen LogP contribution >= 0.6 is 0 Å². The Bertz CT molecular complexity index is 1280. The molecule has 0 unspecified atom stereocenters. The molecule has 8 heteroatoms. The van der Waals surface area contributed by atoms with Gasteiger partial charge in [-0.1, -0.05) is 41.9 Å². The number of amides is 2. The number of benzene rings is 2. The maximum Gasteiger partial charge on any atom is 0.276 e. The summed E-state index contributed by atoms with van der Waals surface area (Å²) in [5, 5.41) is 7.25. The Morgan fingerprint density at radius 3 is 2.69 bits per heavy atom. The molecule has 0 atom stereocenters. The van der Waals surface area contributed by atoms with Crippen LogP contribution in [0.4, 0.5) is 0 Å². The van der Waals surface area contributed by atoms with Gasteiger partial charge in [0.05, 0.1) is 13.7 Å². The highest BCUT2D eigenvalue weighted by atomic mass is 16.5. The summed E-state index contributed by atoms with van der Waals surface area (Å²) in [5.74, 6) is 2.12. The number of nitrogens with one attached hydrogen (secondary N) is 1. The maximum atomic E-state index is 13.3. The fraction of sp³-hybridized carbons (Fsp3) is 0.452. The van der Waals surface area contributed by atoms with Crippen molar-refractivity contribution in [3.63, 3.8) is 0 Å². The summed E-state index contributed by atoms with van der Waals surface area (Å²) in [7, 11) is 1.61. The Labute approximate surface area is 229 Å². The van der Waals surface area contributed by atoms with Gasteiger partial charge in [0, 0.05) is 37.7 Å². The third-order valence-electron chi connectivity index (χ3n) is 8.04. The molecule has 2 aromatic carbocycles. The van der Waals surface area contributed by atoms with Crippen molar-refractivity contribution in [3.8, 4) is 22.8 Å². The molecule has 0 bridgehead atoms. The average Bonchev–Trinajstić information content (AvgIpc) is 3.47. The normalized spacial score (nSPS) is 18.4. The number of likely N-dealkylation sites (tertiary alicyclic amines) is 1. The highest BCUT2D eigenvalue weighted by Gasteiger charge is 2.36. The lowest BCUT2D eigenvalue weighted by atomic mass is 9.74. The zero-order valence-corrected chi connectivity index (χ0v) is 22.6. The van der Waals surface area contributed by atoms with E-state index in [9.17, 15) is 9.59 Å². The summed E-state index contributed by atoms with van der Waals surface area (Å²) in [6, 6.07) is 17.4. The molecule has 0 aliphatic carbocycles. The van der Waals surface area contributed by atoms with E-state index in [1.807, 2.05) is 41.3 Å². The molecule has 3 aromatic rings. The predicted octanol–water partition coefficient (Wildman–Crippen LogP) is 5.27. The Balaban J connectivity index is 1.22. The molecule has 2 aliphatic heterocycles. The largest absolute Gasteiger partial charge is 0.497 e. The van der Waals surface area contributed by atoms with E-state index in [0.29, 0.717) is 56.3 Å². The van der Waals surface area contributed by atoms with Gasteiger partial charge in [0.15, 0.2) is 11.5 Å².